The van der Waals surface area contributed by atoms with E-state index in [0.717, 1.165) is 29.5 Å². The molecule has 4 rings (SSSR count). The molecule has 166 valence electrons. The highest BCUT2D eigenvalue weighted by Crippen LogP contribution is 2.33. The smallest absolute Gasteiger partial charge is 0.410 e. The first-order chi connectivity index (χ1) is 14.8. The van der Waals surface area contributed by atoms with Crippen molar-refractivity contribution in [2.45, 2.75) is 59.1 Å². The van der Waals surface area contributed by atoms with Crippen LogP contribution in [0.2, 0.25) is 0 Å². The minimum Gasteiger partial charge on any atom is -0.444 e. The maximum Gasteiger partial charge on any atom is 0.410 e. The van der Waals surface area contributed by atoms with Crippen LogP contribution in [0.15, 0.2) is 36.7 Å². The average Bonchev–Trinajstić information content (AvgIpc) is 3.16. The van der Waals surface area contributed by atoms with Gasteiger partial charge in [0, 0.05) is 18.7 Å². The molecule has 1 unspecified atom stereocenters. The standard InChI is InChI=1S/C21H26N6O2.C2H6/c1-21(2,3)29-20(28)26-11-7-10-15(12-26)27-19-16(18(22)23-13-24-19)17(25-27)14-8-5-4-6-9-14;1-2/h4-6,8-9,13,15H,7,10-12H2,1-3H3,(H2,22,23,24);1-2H3. The first kappa shape index (κ1) is 22.5. The summed E-state index contributed by atoms with van der Waals surface area (Å²) in [7, 11) is 0. The van der Waals surface area contributed by atoms with Gasteiger partial charge < -0.3 is 15.4 Å². The van der Waals surface area contributed by atoms with Crippen LogP contribution in [-0.2, 0) is 4.74 Å². The van der Waals surface area contributed by atoms with E-state index in [1.54, 1.807) is 4.90 Å². The molecule has 1 atom stereocenters. The molecule has 2 N–H and O–H groups in total. The van der Waals surface area contributed by atoms with E-state index >= 15 is 0 Å². The van der Waals surface area contributed by atoms with Gasteiger partial charge in [-0.2, -0.15) is 5.10 Å². The molecule has 0 radical (unpaired) electrons. The Kier molecular flexibility index (Phi) is 6.77. The molecule has 2 aromatic heterocycles. The van der Waals surface area contributed by atoms with E-state index in [0.29, 0.717) is 24.6 Å². The number of likely N-dealkylation sites (tertiary alicyclic amines) is 1. The summed E-state index contributed by atoms with van der Waals surface area (Å²) in [5.74, 6) is 0.403. The molecule has 0 saturated carbocycles. The third-order valence-electron chi connectivity index (χ3n) is 4.96. The molecule has 1 saturated heterocycles. The van der Waals surface area contributed by atoms with Crippen molar-refractivity contribution in [3.8, 4) is 11.3 Å². The fourth-order valence-electron chi connectivity index (χ4n) is 3.69. The minimum absolute atomic E-state index is 0.00877. The van der Waals surface area contributed by atoms with Crippen molar-refractivity contribution in [2.24, 2.45) is 0 Å². The fraction of sp³-hybridized carbons (Fsp3) is 0.478. The molecule has 31 heavy (non-hydrogen) atoms. The SMILES string of the molecule is CC.CC(C)(C)OC(=O)N1CCCC(n2nc(-c3ccccc3)c3c(N)ncnc32)C1. The van der Waals surface area contributed by atoms with Gasteiger partial charge in [0.25, 0.3) is 0 Å². The van der Waals surface area contributed by atoms with Gasteiger partial charge in [-0.3, -0.25) is 0 Å². The topological polar surface area (TPSA) is 99.2 Å². The Balaban J connectivity index is 0.00000132. The summed E-state index contributed by atoms with van der Waals surface area (Å²) in [6, 6.07) is 9.86. The molecule has 3 aromatic rings. The molecule has 1 aliphatic heterocycles. The van der Waals surface area contributed by atoms with Crippen LogP contribution in [0.25, 0.3) is 22.3 Å². The highest BCUT2D eigenvalue weighted by atomic mass is 16.6. The van der Waals surface area contributed by atoms with Gasteiger partial charge in [0.15, 0.2) is 5.65 Å². The quantitative estimate of drug-likeness (QED) is 0.641. The molecule has 3 heterocycles. The van der Waals surface area contributed by atoms with Gasteiger partial charge in [-0.25, -0.2) is 19.4 Å². The second kappa shape index (κ2) is 9.32. The van der Waals surface area contributed by atoms with Crippen LogP contribution in [-0.4, -0.2) is 49.4 Å². The second-order valence-corrected chi connectivity index (χ2v) is 8.34. The van der Waals surface area contributed by atoms with Crippen molar-refractivity contribution in [2.75, 3.05) is 18.8 Å². The first-order valence-corrected chi connectivity index (χ1v) is 10.9. The van der Waals surface area contributed by atoms with E-state index in [4.69, 9.17) is 15.6 Å². The number of hydrogen-bond donors (Lipinski definition) is 1. The summed E-state index contributed by atoms with van der Waals surface area (Å²) >= 11 is 0. The number of ether oxygens (including phenoxy) is 1. The molecule has 0 bridgehead atoms. The van der Waals surface area contributed by atoms with Crippen LogP contribution in [0.5, 0.6) is 0 Å². The van der Waals surface area contributed by atoms with E-state index in [1.165, 1.54) is 6.33 Å². The molecule has 0 spiro atoms. The Hall–Kier alpha value is -3.16. The van der Waals surface area contributed by atoms with Crippen LogP contribution in [0.3, 0.4) is 0 Å². The maximum absolute atomic E-state index is 12.6. The van der Waals surface area contributed by atoms with Gasteiger partial charge in [-0.05, 0) is 33.6 Å². The lowest BCUT2D eigenvalue weighted by atomic mass is 10.1. The van der Waals surface area contributed by atoms with Crippen molar-refractivity contribution >= 4 is 22.9 Å². The normalized spacial score (nSPS) is 16.5. The zero-order chi connectivity index (χ0) is 22.6. The second-order valence-electron chi connectivity index (χ2n) is 8.34. The van der Waals surface area contributed by atoms with Crippen molar-refractivity contribution < 1.29 is 9.53 Å². The van der Waals surface area contributed by atoms with Crippen molar-refractivity contribution in [3.63, 3.8) is 0 Å². The number of amides is 1. The van der Waals surface area contributed by atoms with Crippen LogP contribution < -0.4 is 5.73 Å². The summed E-state index contributed by atoms with van der Waals surface area (Å²) in [6.07, 6.45) is 2.93. The Bertz CT molecular complexity index is 1030. The number of fused-ring (bicyclic) bond motifs is 1. The highest BCUT2D eigenvalue weighted by molar-refractivity contribution is 5.98. The van der Waals surface area contributed by atoms with Gasteiger partial charge in [-0.1, -0.05) is 44.2 Å². The predicted octanol–water partition coefficient (Wildman–Crippen LogP) is 4.67. The Morgan fingerprint density at radius 2 is 1.87 bits per heavy atom. The van der Waals surface area contributed by atoms with E-state index in [-0.39, 0.29) is 12.1 Å². The number of benzene rings is 1. The lowest BCUT2D eigenvalue weighted by molar-refractivity contribution is 0.0169. The predicted molar refractivity (Wildman–Crippen MR) is 123 cm³/mol. The molecule has 8 nitrogen and oxygen atoms in total. The van der Waals surface area contributed by atoms with Gasteiger partial charge >= 0.3 is 6.09 Å². The molecule has 1 amide bonds. The van der Waals surface area contributed by atoms with Gasteiger partial charge in [-0.15, -0.1) is 0 Å². The van der Waals surface area contributed by atoms with Crippen LogP contribution in [0.4, 0.5) is 10.6 Å². The first-order valence-electron chi connectivity index (χ1n) is 10.9. The summed E-state index contributed by atoms with van der Waals surface area (Å²) in [5.41, 5.74) is 8.07. The zero-order valence-corrected chi connectivity index (χ0v) is 19.0. The molecule has 1 aromatic carbocycles. The zero-order valence-electron chi connectivity index (χ0n) is 19.0. The lowest BCUT2D eigenvalue weighted by Crippen LogP contribution is -2.43. The van der Waals surface area contributed by atoms with Crippen molar-refractivity contribution in [1.29, 1.82) is 0 Å². The molecular formula is C23H32N6O2. The third kappa shape index (κ3) is 4.95. The largest absolute Gasteiger partial charge is 0.444 e. The number of nitrogens with zero attached hydrogens (tertiary/aromatic N) is 5. The Labute approximate surface area is 183 Å². The average molecular weight is 425 g/mol. The number of piperidine rings is 1. The summed E-state index contributed by atoms with van der Waals surface area (Å²) < 4.78 is 7.45. The fourth-order valence-corrected chi connectivity index (χ4v) is 3.69. The molecule has 1 fully saturated rings. The van der Waals surface area contributed by atoms with Crippen molar-refractivity contribution in [3.05, 3.63) is 36.7 Å². The Morgan fingerprint density at radius 3 is 2.55 bits per heavy atom. The van der Waals surface area contributed by atoms with Crippen molar-refractivity contribution in [1.82, 2.24) is 24.6 Å². The lowest BCUT2D eigenvalue weighted by Gasteiger charge is -2.34. The van der Waals surface area contributed by atoms with Crippen LogP contribution in [0.1, 0.15) is 53.5 Å². The number of hydrogen-bond acceptors (Lipinski definition) is 6. The van der Waals surface area contributed by atoms with E-state index in [2.05, 4.69) is 9.97 Å². The van der Waals surface area contributed by atoms with E-state index in [9.17, 15) is 4.79 Å². The van der Waals surface area contributed by atoms with Gasteiger partial charge in [0.1, 0.15) is 23.4 Å². The summed E-state index contributed by atoms with van der Waals surface area (Å²) in [6.45, 7) is 10.8. The Morgan fingerprint density at radius 1 is 1.16 bits per heavy atom. The number of anilines is 1. The highest BCUT2D eigenvalue weighted by Gasteiger charge is 2.31. The number of aromatic nitrogens is 4. The summed E-state index contributed by atoms with van der Waals surface area (Å²) in [4.78, 5) is 22.9. The number of carbonyl (C=O) groups excluding carboxylic acids is 1. The molecule has 1 aliphatic rings. The number of carbonyl (C=O) groups is 1. The number of nitrogens with two attached hydrogens (primary N) is 1. The maximum atomic E-state index is 12.6. The summed E-state index contributed by atoms with van der Waals surface area (Å²) in [5, 5.41) is 5.61. The van der Waals surface area contributed by atoms with Gasteiger partial charge in [0.2, 0.25) is 0 Å². The monoisotopic (exact) mass is 424 g/mol. The van der Waals surface area contributed by atoms with E-state index in [1.807, 2.05) is 69.6 Å². The number of rotatable bonds is 2. The molecule has 0 aliphatic carbocycles. The molecular weight excluding hydrogens is 392 g/mol. The van der Waals surface area contributed by atoms with Gasteiger partial charge in [0.05, 0.1) is 11.4 Å². The van der Waals surface area contributed by atoms with Crippen LogP contribution >= 0.6 is 0 Å². The van der Waals surface area contributed by atoms with Crippen LogP contribution in [0, 0.1) is 0 Å². The molecule has 8 heteroatoms. The third-order valence-corrected chi connectivity index (χ3v) is 4.96. The minimum atomic E-state index is -0.523. The number of nitrogen functional groups attached to an aromatic ring is 1. The van der Waals surface area contributed by atoms with E-state index < -0.39 is 5.60 Å².